The standard InChI is InChI=1S/C16H18BNO4S/c19-17(20)15-7-4-12(5-8-15)11-18-23(21,22)16-9-6-13-2-1-3-14(13)10-16/h4-10,18-20H,1-3,11H2. The van der Waals surface area contributed by atoms with E-state index in [-0.39, 0.29) is 6.54 Å². The van der Waals surface area contributed by atoms with Crippen molar-refractivity contribution in [3.05, 3.63) is 59.2 Å². The lowest BCUT2D eigenvalue weighted by Crippen LogP contribution is -2.30. The Hall–Kier alpha value is -1.67. The molecule has 0 saturated heterocycles. The van der Waals surface area contributed by atoms with Crippen LogP contribution in [0.15, 0.2) is 47.4 Å². The largest absolute Gasteiger partial charge is 0.488 e. The predicted molar refractivity (Wildman–Crippen MR) is 88.8 cm³/mol. The van der Waals surface area contributed by atoms with Gasteiger partial charge in [-0.2, -0.15) is 0 Å². The number of rotatable bonds is 5. The van der Waals surface area contributed by atoms with Crippen molar-refractivity contribution in [2.75, 3.05) is 0 Å². The molecular weight excluding hydrogens is 313 g/mol. The second kappa shape index (κ2) is 6.45. The summed E-state index contributed by atoms with van der Waals surface area (Å²) in [5.74, 6) is 0. The summed E-state index contributed by atoms with van der Waals surface area (Å²) in [4.78, 5) is 0.292. The van der Waals surface area contributed by atoms with Crippen molar-refractivity contribution >= 4 is 22.6 Å². The third-order valence-electron chi connectivity index (χ3n) is 4.12. The van der Waals surface area contributed by atoms with E-state index < -0.39 is 17.1 Å². The summed E-state index contributed by atoms with van der Waals surface area (Å²) in [6, 6.07) is 11.8. The maximum Gasteiger partial charge on any atom is 0.488 e. The van der Waals surface area contributed by atoms with E-state index in [0.717, 1.165) is 30.4 Å². The molecule has 1 aliphatic rings. The molecule has 120 valence electrons. The second-order valence-corrected chi connectivity index (χ2v) is 7.49. The van der Waals surface area contributed by atoms with Gasteiger partial charge in [-0.1, -0.05) is 30.3 Å². The van der Waals surface area contributed by atoms with Crippen LogP contribution in [0.1, 0.15) is 23.1 Å². The van der Waals surface area contributed by atoms with E-state index >= 15 is 0 Å². The number of hydrogen-bond donors (Lipinski definition) is 3. The highest BCUT2D eigenvalue weighted by Crippen LogP contribution is 2.24. The molecule has 1 aliphatic carbocycles. The van der Waals surface area contributed by atoms with Gasteiger partial charge in [0.05, 0.1) is 4.90 Å². The van der Waals surface area contributed by atoms with Crippen LogP contribution in [0.2, 0.25) is 0 Å². The molecule has 0 bridgehead atoms. The van der Waals surface area contributed by atoms with Gasteiger partial charge in [-0.15, -0.1) is 0 Å². The molecule has 0 spiro atoms. The predicted octanol–water partition coefficient (Wildman–Crippen LogP) is 0.334. The number of nitrogens with one attached hydrogen (secondary N) is 1. The maximum atomic E-state index is 12.4. The second-order valence-electron chi connectivity index (χ2n) is 5.72. The number of sulfonamides is 1. The van der Waals surface area contributed by atoms with Crippen molar-refractivity contribution in [3.8, 4) is 0 Å². The molecule has 0 amide bonds. The zero-order chi connectivity index (χ0) is 16.4. The summed E-state index contributed by atoms with van der Waals surface area (Å²) >= 11 is 0. The molecule has 0 fully saturated rings. The molecule has 0 unspecified atom stereocenters. The molecule has 0 aromatic heterocycles. The van der Waals surface area contributed by atoms with Crippen molar-refractivity contribution in [2.24, 2.45) is 0 Å². The SMILES string of the molecule is O=S(=O)(NCc1ccc(B(O)O)cc1)c1ccc2c(c1)CCC2. The first kappa shape index (κ1) is 16.2. The summed E-state index contributed by atoms with van der Waals surface area (Å²) in [5, 5.41) is 18.1. The first-order chi connectivity index (χ1) is 11.0. The Balaban J connectivity index is 1.71. The van der Waals surface area contributed by atoms with Crippen molar-refractivity contribution in [2.45, 2.75) is 30.7 Å². The first-order valence-corrected chi connectivity index (χ1v) is 9.00. The van der Waals surface area contributed by atoms with Gasteiger partial charge in [-0.3, -0.25) is 0 Å². The van der Waals surface area contributed by atoms with Crippen molar-refractivity contribution in [3.63, 3.8) is 0 Å². The number of fused-ring (bicyclic) bond motifs is 1. The van der Waals surface area contributed by atoms with Gasteiger partial charge < -0.3 is 10.0 Å². The molecule has 23 heavy (non-hydrogen) atoms. The number of benzene rings is 2. The quantitative estimate of drug-likeness (QED) is 0.690. The van der Waals surface area contributed by atoms with E-state index in [9.17, 15) is 8.42 Å². The monoisotopic (exact) mass is 331 g/mol. The molecule has 5 nitrogen and oxygen atoms in total. The molecule has 3 rings (SSSR count). The van der Waals surface area contributed by atoms with Crippen molar-refractivity contribution < 1.29 is 18.5 Å². The highest BCUT2D eigenvalue weighted by molar-refractivity contribution is 7.89. The van der Waals surface area contributed by atoms with E-state index in [4.69, 9.17) is 10.0 Å². The Morgan fingerprint density at radius 3 is 2.39 bits per heavy atom. The van der Waals surface area contributed by atoms with Gasteiger partial charge in [0, 0.05) is 6.54 Å². The molecule has 7 heteroatoms. The van der Waals surface area contributed by atoms with Crippen LogP contribution >= 0.6 is 0 Å². The van der Waals surface area contributed by atoms with Crippen LogP contribution in [-0.4, -0.2) is 25.6 Å². The van der Waals surface area contributed by atoms with E-state index in [1.165, 1.54) is 5.56 Å². The average molecular weight is 331 g/mol. The van der Waals surface area contributed by atoms with E-state index in [1.54, 1.807) is 36.4 Å². The fraction of sp³-hybridized carbons (Fsp3) is 0.250. The van der Waals surface area contributed by atoms with Crippen LogP contribution in [0.25, 0.3) is 0 Å². The zero-order valence-corrected chi connectivity index (χ0v) is 13.4. The molecule has 2 aromatic rings. The first-order valence-electron chi connectivity index (χ1n) is 7.52. The minimum atomic E-state index is -3.56. The summed E-state index contributed by atoms with van der Waals surface area (Å²) in [7, 11) is -5.08. The molecule has 0 radical (unpaired) electrons. The zero-order valence-electron chi connectivity index (χ0n) is 12.6. The smallest absolute Gasteiger partial charge is 0.423 e. The van der Waals surface area contributed by atoms with Gasteiger partial charge in [-0.05, 0) is 53.5 Å². The van der Waals surface area contributed by atoms with Gasteiger partial charge in [0.2, 0.25) is 10.0 Å². The molecule has 0 saturated carbocycles. The maximum absolute atomic E-state index is 12.4. The Morgan fingerprint density at radius 2 is 1.70 bits per heavy atom. The molecule has 2 aromatic carbocycles. The molecule has 0 aliphatic heterocycles. The van der Waals surface area contributed by atoms with Crippen LogP contribution in [-0.2, 0) is 29.4 Å². The Morgan fingerprint density at radius 1 is 1.00 bits per heavy atom. The van der Waals surface area contributed by atoms with Crippen LogP contribution in [0.3, 0.4) is 0 Å². The van der Waals surface area contributed by atoms with Gasteiger partial charge in [0.25, 0.3) is 0 Å². The van der Waals surface area contributed by atoms with E-state index in [2.05, 4.69) is 4.72 Å². The Kier molecular flexibility index (Phi) is 4.54. The third kappa shape index (κ3) is 3.64. The molecular formula is C16H18BNO4S. The molecule has 0 heterocycles. The van der Waals surface area contributed by atoms with Gasteiger partial charge in [-0.25, -0.2) is 13.1 Å². The van der Waals surface area contributed by atoms with Crippen molar-refractivity contribution in [1.29, 1.82) is 0 Å². The summed E-state index contributed by atoms with van der Waals surface area (Å²) in [6.45, 7) is 0.154. The lowest BCUT2D eigenvalue weighted by Gasteiger charge is -2.09. The minimum absolute atomic E-state index is 0.154. The lowest BCUT2D eigenvalue weighted by molar-refractivity contribution is 0.426. The Labute approximate surface area is 136 Å². The fourth-order valence-corrected chi connectivity index (χ4v) is 3.85. The molecule has 0 atom stereocenters. The average Bonchev–Trinajstić information content (AvgIpc) is 3.01. The van der Waals surface area contributed by atoms with E-state index in [0.29, 0.717) is 10.4 Å². The van der Waals surface area contributed by atoms with Crippen LogP contribution in [0.5, 0.6) is 0 Å². The van der Waals surface area contributed by atoms with Crippen LogP contribution in [0.4, 0.5) is 0 Å². The summed E-state index contributed by atoms with van der Waals surface area (Å²) in [6.07, 6.45) is 3.03. The normalized spacial score (nSPS) is 13.8. The summed E-state index contributed by atoms with van der Waals surface area (Å²) < 4.78 is 27.4. The Bertz CT molecular complexity index is 803. The topological polar surface area (TPSA) is 86.6 Å². The summed E-state index contributed by atoms with van der Waals surface area (Å²) in [5.41, 5.74) is 3.48. The van der Waals surface area contributed by atoms with E-state index in [1.807, 2.05) is 6.07 Å². The minimum Gasteiger partial charge on any atom is -0.423 e. The van der Waals surface area contributed by atoms with Crippen LogP contribution < -0.4 is 10.2 Å². The number of hydrogen-bond acceptors (Lipinski definition) is 4. The van der Waals surface area contributed by atoms with Gasteiger partial charge >= 0.3 is 7.12 Å². The van der Waals surface area contributed by atoms with Gasteiger partial charge in [0.15, 0.2) is 0 Å². The fourth-order valence-electron chi connectivity index (χ4n) is 2.78. The lowest BCUT2D eigenvalue weighted by atomic mass is 9.80. The highest BCUT2D eigenvalue weighted by Gasteiger charge is 2.18. The highest BCUT2D eigenvalue weighted by atomic mass is 32.2. The number of aryl methyl sites for hydroxylation is 2. The van der Waals surface area contributed by atoms with Gasteiger partial charge in [0.1, 0.15) is 0 Å². The van der Waals surface area contributed by atoms with Crippen molar-refractivity contribution in [1.82, 2.24) is 4.72 Å². The third-order valence-corrected chi connectivity index (χ3v) is 5.52. The molecule has 3 N–H and O–H groups in total. The van der Waals surface area contributed by atoms with Crippen LogP contribution in [0, 0.1) is 0 Å².